The van der Waals surface area contributed by atoms with Gasteiger partial charge in [0.25, 0.3) is 0 Å². The van der Waals surface area contributed by atoms with Gasteiger partial charge in [-0.3, -0.25) is 0 Å². The molecule has 2 aliphatic rings. The van der Waals surface area contributed by atoms with E-state index < -0.39 is 0 Å². The van der Waals surface area contributed by atoms with Gasteiger partial charge < -0.3 is 15.0 Å². The summed E-state index contributed by atoms with van der Waals surface area (Å²) < 4.78 is 5.20. The zero-order valence-electron chi connectivity index (χ0n) is 12.5. The van der Waals surface area contributed by atoms with E-state index in [1.807, 2.05) is 0 Å². The third kappa shape index (κ3) is 3.97. The molecular weight excluding hydrogens is 248 g/mol. The minimum Gasteiger partial charge on any atom is -0.497 e. The Morgan fingerprint density at radius 3 is 2.65 bits per heavy atom. The van der Waals surface area contributed by atoms with Gasteiger partial charge in [0, 0.05) is 25.2 Å². The van der Waals surface area contributed by atoms with Gasteiger partial charge in [-0.15, -0.1) is 0 Å². The monoisotopic (exact) mass is 274 g/mol. The highest BCUT2D eigenvalue weighted by molar-refractivity contribution is 5.27. The van der Waals surface area contributed by atoms with Crippen LogP contribution >= 0.6 is 0 Å². The van der Waals surface area contributed by atoms with Crippen molar-refractivity contribution in [3.05, 3.63) is 29.8 Å². The second kappa shape index (κ2) is 6.59. The molecule has 1 saturated heterocycles. The number of likely N-dealkylation sites (tertiary alicyclic amines) is 1. The van der Waals surface area contributed by atoms with Gasteiger partial charge in [-0.25, -0.2) is 0 Å². The zero-order valence-corrected chi connectivity index (χ0v) is 12.5. The summed E-state index contributed by atoms with van der Waals surface area (Å²) in [6.07, 6.45) is 6.62. The molecule has 1 aliphatic carbocycles. The summed E-state index contributed by atoms with van der Waals surface area (Å²) in [7, 11) is 1.72. The molecule has 3 rings (SSSR count). The molecule has 3 heteroatoms. The average Bonchev–Trinajstić information content (AvgIpc) is 3.30. The van der Waals surface area contributed by atoms with Gasteiger partial charge >= 0.3 is 0 Å². The molecule has 1 unspecified atom stereocenters. The first-order chi connectivity index (χ1) is 9.83. The van der Waals surface area contributed by atoms with E-state index in [-0.39, 0.29) is 0 Å². The van der Waals surface area contributed by atoms with E-state index in [0.717, 1.165) is 24.3 Å². The van der Waals surface area contributed by atoms with Crippen LogP contribution in [0.15, 0.2) is 24.3 Å². The summed E-state index contributed by atoms with van der Waals surface area (Å²) in [5.41, 5.74) is 1.41. The van der Waals surface area contributed by atoms with Gasteiger partial charge in [-0.2, -0.15) is 0 Å². The molecule has 0 spiro atoms. The predicted octanol–water partition coefficient (Wildman–Crippen LogP) is 2.45. The van der Waals surface area contributed by atoms with Gasteiger partial charge in [0.05, 0.1) is 7.11 Å². The third-order valence-electron chi connectivity index (χ3n) is 4.43. The average molecular weight is 274 g/mol. The fraction of sp³-hybridized carbons (Fsp3) is 0.647. The Morgan fingerprint density at radius 1 is 1.15 bits per heavy atom. The van der Waals surface area contributed by atoms with Gasteiger partial charge in [0.2, 0.25) is 0 Å². The molecule has 1 saturated carbocycles. The van der Waals surface area contributed by atoms with Gasteiger partial charge in [0.1, 0.15) is 5.75 Å². The Hall–Kier alpha value is -1.06. The van der Waals surface area contributed by atoms with Crippen molar-refractivity contribution in [2.45, 2.75) is 44.2 Å². The Morgan fingerprint density at radius 2 is 1.95 bits per heavy atom. The van der Waals surface area contributed by atoms with Crippen LogP contribution in [0, 0.1) is 0 Å². The van der Waals surface area contributed by atoms with Crippen molar-refractivity contribution in [1.29, 1.82) is 0 Å². The molecule has 0 bridgehead atoms. The van der Waals surface area contributed by atoms with E-state index in [4.69, 9.17) is 4.74 Å². The molecule has 2 fully saturated rings. The largest absolute Gasteiger partial charge is 0.497 e. The number of methoxy groups -OCH3 is 1. The summed E-state index contributed by atoms with van der Waals surface area (Å²) in [4.78, 5) is 2.62. The molecule has 1 aromatic carbocycles. The van der Waals surface area contributed by atoms with E-state index in [0.29, 0.717) is 0 Å². The molecule has 1 heterocycles. The highest BCUT2D eigenvalue weighted by atomic mass is 16.5. The Balaban J connectivity index is 1.44. The normalized spacial score (nSPS) is 23.8. The number of hydrogen-bond acceptors (Lipinski definition) is 3. The molecule has 0 amide bonds. The first-order valence-corrected chi connectivity index (χ1v) is 7.95. The van der Waals surface area contributed by atoms with Crippen LogP contribution in [0.1, 0.15) is 31.2 Å². The lowest BCUT2D eigenvalue weighted by molar-refractivity contribution is 0.191. The number of rotatable bonds is 6. The molecule has 1 N–H and O–H groups in total. The lowest BCUT2D eigenvalue weighted by Crippen LogP contribution is -2.46. The maximum Gasteiger partial charge on any atom is 0.118 e. The van der Waals surface area contributed by atoms with E-state index in [1.165, 1.54) is 50.9 Å². The molecule has 0 aromatic heterocycles. The first-order valence-electron chi connectivity index (χ1n) is 7.95. The fourth-order valence-electron chi connectivity index (χ4n) is 3.06. The molecule has 1 aliphatic heterocycles. The summed E-state index contributed by atoms with van der Waals surface area (Å²) in [6, 6.07) is 10.0. The molecule has 1 atom stereocenters. The molecule has 3 nitrogen and oxygen atoms in total. The van der Waals surface area contributed by atoms with Crippen LogP contribution in [0.4, 0.5) is 0 Å². The zero-order chi connectivity index (χ0) is 13.8. The van der Waals surface area contributed by atoms with Crippen LogP contribution < -0.4 is 10.1 Å². The highest BCUT2D eigenvalue weighted by Gasteiger charge is 2.27. The smallest absolute Gasteiger partial charge is 0.118 e. The quantitative estimate of drug-likeness (QED) is 0.862. The van der Waals surface area contributed by atoms with Crippen LogP contribution in [-0.4, -0.2) is 43.7 Å². The summed E-state index contributed by atoms with van der Waals surface area (Å²) in [5.74, 6) is 0.945. The van der Waals surface area contributed by atoms with Crippen molar-refractivity contribution in [3.8, 4) is 5.75 Å². The van der Waals surface area contributed by atoms with E-state index in [1.54, 1.807) is 7.11 Å². The number of piperidine rings is 1. The second-order valence-corrected chi connectivity index (χ2v) is 6.18. The van der Waals surface area contributed by atoms with Crippen molar-refractivity contribution in [2.24, 2.45) is 0 Å². The number of nitrogens with zero attached hydrogens (tertiary/aromatic N) is 1. The number of hydrogen-bond donors (Lipinski definition) is 1. The van der Waals surface area contributed by atoms with Crippen molar-refractivity contribution in [3.63, 3.8) is 0 Å². The van der Waals surface area contributed by atoms with Gasteiger partial charge in [0.15, 0.2) is 0 Å². The van der Waals surface area contributed by atoms with Crippen LogP contribution in [0.3, 0.4) is 0 Å². The maximum absolute atomic E-state index is 5.20. The lowest BCUT2D eigenvalue weighted by Gasteiger charge is -2.33. The van der Waals surface area contributed by atoms with Gasteiger partial charge in [-0.05, 0) is 56.3 Å². The number of ether oxygens (including phenoxy) is 1. The molecule has 1 aromatic rings. The minimum absolute atomic E-state index is 0.729. The van der Waals surface area contributed by atoms with Crippen LogP contribution in [0.2, 0.25) is 0 Å². The van der Waals surface area contributed by atoms with E-state index in [9.17, 15) is 0 Å². The van der Waals surface area contributed by atoms with Gasteiger partial charge in [-0.1, -0.05) is 12.1 Å². The lowest BCUT2D eigenvalue weighted by atomic mass is 10.0. The van der Waals surface area contributed by atoms with Crippen molar-refractivity contribution in [1.82, 2.24) is 10.2 Å². The standard InChI is InChI=1S/C17H26N2O/c1-20-17-8-4-14(5-9-17)10-12-19-11-2-3-16(13-19)18-15-6-7-15/h4-5,8-9,15-16,18H,2-3,6-7,10-13H2,1H3. The van der Waals surface area contributed by atoms with Crippen molar-refractivity contribution in [2.75, 3.05) is 26.7 Å². The van der Waals surface area contributed by atoms with E-state index in [2.05, 4.69) is 34.5 Å². The fourth-order valence-corrected chi connectivity index (χ4v) is 3.06. The molecule has 110 valence electrons. The summed E-state index contributed by atoms with van der Waals surface area (Å²) in [5, 5.41) is 3.78. The van der Waals surface area contributed by atoms with Crippen LogP contribution in [0.25, 0.3) is 0 Å². The number of nitrogens with one attached hydrogen (secondary N) is 1. The number of benzene rings is 1. The molecule has 0 radical (unpaired) electrons. The minimum atomic E-state index is 0.729. The summed E-state index contributed by atoms with van der Waals surface area (Å²) >= 11 is 0. The van der Waals surface area contributed by atoms with E-state index >= 15 is 0 Å². The Labute approximate surface area is 122 Å². The SMILES string of the molecule is COc1ccc(CCN2CCCC(NC3CC3)C2)cc1. The highest BCUT2D eigenvalue weighted by Crippen LogP contribution is 2.22. The maximum atomic E-state index is 5.20. The Kier molecular flexibility index (Phi) is 4.58. The van der Waals surface area contributed by atoms with Crippen LogP contribution in [-0.2, 0) is 6.42 Å². The summed E-state index contributed by atoms with van der Waals surface area (Å²) in [6.45, 7) is 3.67. The van der Waals surface area contributed by atoms with Crippen LogP contribution in [0.5, 0.6) is 5.75 Å². The predicted molar refractivity (Wildman–Crippen MR) is 82.3 cm³/mol. The van der Waals surface area contributed by atoms with Crippen molar-refractivity contribution >= 4 is 0 Å². The van der Waals surface area contributed by atoms with Crippen molar-refractivity contribution < 1.29 is 4.74 Å². The second-order valence-electron chi connectivity index (χ2n) is 6.18. The topological polar surface area (TPSA) is 24.5 Å². The third-order valence-corrected chi connectivity index (χ3v) is 4.43. The first kappa shape index (κ1) is 13.9. The molecule has 20 heavy (non-hydrogen) atoms. The molecular formula is C17H26N2O. The Bertz CT molecular complexity index is 414.